The third-order valence-electron chi connectivity index (χ3n) is 4.20. The molecule has 3 rings (SSSR count). The summed E-state index contributed by atoms with van der Waals surface area (Å²) in [6.07, 6.45) is 3.20. The van der Waals surface area contributed by atoms with Crippen LogP contribution in [0.5, 0.6) is 17.2 Å². The van der Waals surface area contributed by atoms with Crippen molar-refractivity contribution >= 4 is 0 Å². The molecule has 2 aromatic rings. The van der Waals surface area contributed by atoms with E-state index in [2.05, 4.69) is 19.1 Å². The van der Waals surface area contributed by atoms with Crippen LogP contribution >= 0.6 is 0 Å². The molecule has 3 heteroatoms. The molecule has 1 aliphatic rings. The minimum Gasteiger partial charge on any atom is -0.493 e. The fourth-order valence-corrected chi connectivity index (χ4v) is 2.68. The Morgan fingerprint density at radius 1 is 0.957 bits per heavy atom. The summed E-state index contributed by atoms with van der Waals surface area (Å²) in [5.41, 5.74) is 1.31. The van der Waals surface area contributed by atoms with Gasteiger partial charge in [0, 0.05) is 19.3 Å². The van der Waals surface area contributed by atoms with Gasteiger partial charge in [0.25, 0.3) is 0 Å². The van der Waals surface area contributed by atoms with Gasteiger partial charge in [-0.25, -0.2) is 0 Å². The highest BCUT2D eigenvalue weighted by Crippen LogP contribution is 2.26. The first-order chi connectivity index (χ1) is 11.3. The summed E-state index contributed by atoms with van der Waals surface area (Å²) in [6.45, 7) is 4.60. The minimum atomic E-state index is 0.593. The number of rotatable bonds is 6. The molecule has 1 fully saturated rings. The molecule has 1 heterocycles. The molecule has 0 amide bonds. The van der Waals surface area contributed by atoms with Gasteiger partial charge in [0.2, 0.25) is 0 Å². The molecule has 0 unspecified atom stereocenters. The van der Waals surface area contributed by atoms with E-state index in [1.54, 1.807) is 0 Å². The zero-order chi connectivity index (χ0) is 15.9. The van der Waals surface area contributed by atoms with E-state index >= 15 is 0 Å². The molecule has 0 aromatic heterocycles. The lowest BCUT2D eigenvalue weighted by molar-refractivity contribution is 0.0497. The van der Waals surface area contributed by atoms with E-state index < -0.39 is 0 Å². The van der Waals surface area contributed by atoms with Crippen molar-refractivity contribution in [3.8, 4) is 17.2 Å². The molecule has 0 bridgehead atoms. The summed E-state index contributed by atoms with van der Waals surface area (Å²) >= 11 is 0. The first-order valence-electron chi connectivity index (χ1n) is 8.41. The van der Waals surface area contributed by atoms with Crippen LogP contribution in [-0.4, -0.2) is 19.8 Å². The second kappa shape index (κ2) is 8.02. The summed E-state index contributed by atoms with van der Waals surface area (Å²) in [4.78, 5) is 0. The maximum Gasteiger partial charge on any atom is 0.131 e. The van der Waals surface area contributed by atoms with Gasteiger partial charge in [-0.05, 0) is 55.0 Å². The van der Waals surface area contributed by atoms with Crippen molar-refractivity contribution in [2.75, 3.05) is 19.8 Å². The average Bonchev–Trinajstić information content (AvgIpc) is 2.62. The first-order valence-corrected chi connectivity index (χ1v) is 8.41. The Balaban J connectivity index is 1.57. The molecule has 1 aliphatic heterocycles. The van der Waals surface area contributed by atoms with Crippen molar-refractivity contribution in [1.82, 2.24) is 0 Å². The zero-order valence-corrected chi connectivity index (χ0v) is 13.7. The molecule has 2 aromatic carbocycles. The molecule has 3 nitrogen and oxygen atoms in total. The lowest BCUT2D eigenvalue weighted by Crippen LogP contribution is -2.21. The van der Waals surface area contributed by atoms with Crippen LogP contribution in [-0.2, 0) is 11.2 Å². The number of ether oxygens (including phenoxy) is 3. The minimum absolute atomic E-state index is 0.593. The monoisotopic (exact) mass is 312 g/mol. The summed E-state index contributed by atoms with van der Waals surface area (Å²) in [6, 6.07) is 16.1. The zero-order valence-electron chi connectivity index (χ0n) is 13.7. The van der Waals surface area contributed by atoms with Crippen molar-refractivity contribution < 1.29 is 14.2 Å². The molecule has 0 atom stereocenters. The molecule has 0 radical (unpaired) electrons. The van der Waals surface area contributed by atoms with E-state index in [9.17, 15) is 0 Å². The predicted octanol–water partition coefficient (Wildman–Crippen LogP) is 4.85. The van der Waals surface area contributed by atoms with Crippen LogP contribution < -0.4 is 9.47 Å². The van der Waals surface area contributed by atoms with E-state index in [0.29, 0.717) is 5.92 Å². The standard InChI is InChI=1S/C20H24O3/c1-2-16-6-8-18(9-7-16)23-20-5-3-4-19(14-20)22-15-17-10-12-21-13-11-17/h3-9,14,17H,2,10-13,15H2,1H3. The quantitative estimate of drug-likeness (QED) is 0.763. The number of aryl methyl sites for hydroxylation is 1. The van der Waals surface area contributed by atoms with Crippen LogP contribution in [0.3, 0.4) is 0 Å². The molecule has 0 saturated carbocycles. The van der Waals surface area contributed by atoms with Gasteiger partial charge in [-0.2, -0.15) is 0 Å². The van der Waals surface area contributed by atoms with Crippen LogP contribution in [0.15, 0.2) is 48.5 Å². The second-order valence-electron chi connectivity index (χ2n) is 5.94. The topological polar surface area (TPSA) is 27.7 Å². The highest BCUT2D eigenvalue weighted by Gasteiger charge is 2.14. The Kier molecular flexibility index (Phi) is 5.54. The van der Waals surface area contributed by atoms with Crippen LogP contribution in [0.2, 0.25) is 0 Å². The SMILES string of the molecule is CCc1ccc(Oc2cccc(OCC3CCOCC3)c2)cc1. The molecule has 23 heavy (non-hydrogen) atoms. The fourth-order valence-electron chi connectivity index (χ4n) is 2.68. The molecule has 1 saturated heterocycles. The number of hydrogen-bond donors (Lipinski definition) is 0. The highest BCUT2D eigenvalue weighted by molar-refractivity contribution is 5.37. The average molecular weight is 312 g/mol. The number of benzene rings is 2. The molecule has 0 N–H and O–H groups in total. The maximum atomic E-state index is 5.92. The van der Waals surface area contributed by atoms with Gasteiger partial charge >= 0.3 is 0 Å². The summed E-state index contributed by atoms with van der Waals surface area (Å²) in [5.74, 6) is 3.11. The normalized spacial score (nSPS) is 15.3. The predicted molar refractivity (Wildman–Crippen MR) is 91.4 cm³/mol. The van der Waals surface area contributed by atoms with Crippen molar-refractivity contribution in [1.29, 1.82) is 0 Å². The first kappa shape index (κ1) is 15.9. The van der Waals surface area contributed by atoms with Gasteiger partial charge in [0.05, 0.1) is 6.61 Å². The Bertz CT molecular complexity index is 601. The highest BCUT2D eigenvalue weighted by atomic mass is 16.5. The lowest BCUT2D eigenvalue weighted by atomic mass is 10.0. The van der Waals surface area contributed by atoms with E-state index in [1.165, 1.54) is 5.56 Å². The van der Waals surface area contributed by atoms with Crippen LogP contribution in [0.25, 0.3) is 0 Å². The Morgan fingerprint density at radius 3 is 2.43 bits per heavy atom. The smallest absolute Gasteiger partial charge is 0.131 e. The van der Waals surface area contributed by atoms with Gasteiger partial charge in [-0.15, -0.1) is 0 Å². The molecular formula is C20H24O3. The van der Waals surface area contributed by atoms with Crippen molar-refractivity contribution in [3.05, 3.63) is 54.1 Å². The van der Waals surface area contributed by atoms with Crippen LogP contribution in [0, 0.1) is 5.92 Å². The Labute approximate surface area is 138 Å². The summed E-state index contributed by atoms with van der Waals surface area (Å²) in [7, 11) is 0. The number of hydrogen-bond acceptors (Lipinski definition) is 3. The van der Waals surface area contributed by atoms with E-state index in [4.69, 9.17) is 14.2 Å². The Hall–Kier alpha value is -2.00. The molecule has 0 aliphatic carbocycles. The third-order valence-corrected chi connectivity index (χ3v) is 4.20. The third kappa shape index (κ3) is 4.73. The van der Waals surface area contributed by atoms with Crippen molar-refractivity contribution in [3.63, 3.8) is 0 Å². The molecular weight excluding hydrogens is 288 g/mol. The van der Waals surface area contributed by atoms with Crippen molar-refractivity contribution in [2.45, 2.75) is 26.2 Å². The van der Waals surface area contributed by atoms with Crippen LogP contribution in [0.4, 0.5) is 0 Å². The van der Waals surface area contributed by atoms with Gasteiger partial charge < -0.3 is 14.2 Å². The summed E-state index contributed by atoms with van der Waals surface area (Å²) in [5, 5.41) is 0. The summed E-state index contributed by atoms with van der Waals surface area (Å²) < 4.78 is 17.2. The molecule has 0 spiro atoms. The second-order valence-corrected chi connectivity index (χ2v) is 5.94. The largest absolute Gasteiger partial charge is 0.493 e. The lowest BCUT2D eigenvalue weighted by Gasteiger charge is -2.22. The molecule has 122 valence electrons. The van der Waals surface area contributed by atoms with Gasteiger partial charge in [-0.1, -0.05) is 25.1 Å². The van der Waals surface area contributed by atoms with Gasteiger partial charge in [-0.3, -0.25) is 0 Å². The van der Waals surface area contributed by atoms with Crippen LogP contribution in [0.1, 0.15) is 25.3 Å². The van der Waals surface area contributed by atoms with Gasteiger partial charge in [0.1, 0.15) is 17.2 Å². The van der Waals surface area contributed by atoms with Gasteiger partial charge in [0.15, 0.2) is 0 Å². The van der Waals surface area contributed by atoms with E-state index in [1.807, 2.05) is 36.4 Å². The maximum absolute atomic E-state index is 5.92. The van der Waals surface area contributed by atoms with E-state index in [0.717, 1.165) is 56.3 Å². The van der Waals surface area contributed by atoms with E-state index in [-0.39, 0.29) is 0 Å². The fraction of sp³-hybridized carbons (Fsp3) is 0.400. The van der Waals surface area contributed by atoms with Crippen molar-refractivity contribution in [2.24, 2.45) is 5.92 Å². The Morgan fingerprint density at radius 2 is 1.70 bits per heavy atom.